The zero-order valence-corrected chi connectivity index (χ0v) is 2.71. The third-order valence-electron chi connectivity index (χ3n) is 0. The number of hydrogen-bond donors (Lipinski definition) is 2. The van der Waals surface area contributed by atoms with Crippen molar-refractivity contribution in [3.8, 4) is 0 Å². The molecule has 0 amide bonds. The Morgan fingerprint density at radius 2 is 1.33 bits per heavy atom. The van der Waals surface area contributed by atoms with Crippen LogP contribution < -0.4 is 0 Å². The summed E-state index contributed by atoms with van der Waals surface area (Å²) in [5.74, 6) is 0. The van der Waals surface area contributed by atoms with Crippen LogP contribution in [0.15, 0.2) is 0 Å². The van der Waals surface area contributed by atoms with Crippen molar-refractivity contribution in [3.05, 3.63) is 7.43 Å². The minimum absolute atomic E-state index is 0. The number of rotatable bonds is 0. The van der Waals surface area contributed by atoms with Crippen molar-refractivity contribution < 1.29 is 20.5 Å². The summed E-state index contributed by atoms with van der Waals surface area (Å²) in [6, 6.07) is 0. The quantitative estimate of drug-likeness (QED) is 0.445. The first-order valence-corrected chi connectivity index (χ1v) is 0.651. The van der Waals surface area contributed by atoms with Crippen LogP contribution in [0.2, 0.25) is 0 Å². The maximum absolute atomic E-state index is 8.56. The molecule has 0 fully saturated rings. The lowest BCUT2D eigenvalue weighted by atomic mass is 11.5. The average Bonchev–Trinajstić information content (AvgIpc) is 0.811. The van der Waals surface area contributed by atoms with Crippen molar-refractivity contribution in [1.82, 2.24) is 0 Å². The molecule has 6 heavy (non-hydrogen) atoms. The van der Waals surface area contributed by atoms with E-state index in [0.717, 1.165) is 0 Å². The molecule has 0 heterocycles. The van der Waals surface area contributed by atoms with E-state index < -0.39 is 6.16 Å². The third-order valence-corrected chi connectivity index (χ3v) is 0. The molecule has 0 bridgehead atoms. The van der Waals surface area contributed by atoms with E-state index in [-0.39, 0.29) is 12.9 Å². The summed E-state index contributed by atoms with van der Waals surface area (Å²) >= 11 is 0. The predicted molar refractivity (Wildman–Crippen MR) is 14.6 cm³/mol. The molecule has 0 spiro atoms. The van der Waals surface area contributed by atoms with Crippen LogP contribution in [0.25, 0.3) is 0 Å². The highest BCUT2D eigenvalue weighted by molar-refractivity contribution is 5.53. The second-order valence-corrected chi connectivity index (χ2v) is 0.283. The molecule has 2 N–H and O–H groups in total. The normalized spacial score (nSPS) is 4.00. The van der Waals surface area contributed by atoms with E-state index in [1.54, 1.807) is 0 Å². The monoisotopic (exact) mass is 90.0 g/mol. The Kier molecular flexibility index (Phi) is 27.8. The molecule has 0 aromatic rings. The van der Waals surface area contributed by atoms with Gasteiger partial charge in [-0.1, -0.05) is 0 Å². The lowest BCUT2D eigenvalue weighted by Gasteiger charge is -1.60. The third kappa shape index (κ3) is 27.1. The first-order valence-electron chi connectivity index (χ1n) is 0.651. The van der Waals surface area contributed by atoms with Crippen molar-refractivity contribution in [2.75, 3.05) is 0 Å². The Morgan fingerprint density at radius 1 is 1.33 bits per heavy atom. The van der Waals surface area contributed by atoms with Crippen LogP contribution in [-0.2, 0) is 5.48 Å². The minimum atomic E-state index is -1.83. The molecule has 0 atom stereocenters. The summed E-state index contributed by atoms with van der Waals surface area (Å²) in [6.45, 7) is 0. The molecule has 0 saturated carbocycles. The van der Waals surface area contributed by atoms with Crippen molar-refractivity contribution in [1.29, 1.82) is 0 Å². The summed E-state index contributed by atoms with van der Waals surface area (Å²) in [4.78, 5) is 8.56. The van der Waals surface area contributed by atoms with Gasteiger partial charge in [-0.2, -0.15) is 0 Å². The van der Waals surface area contributed by atoms with E-state index in [0.29, 0.717) is 0 Å². The van der Waals surface area contributed by atoms with E-state index in [9.17, 15) is 0 Å². The number of carbonyl (C=O) groups is 1. The Morgan fingerprint density at radius 3 is 1.33 bits per heavy atom. The van der Waals surface area contributed by atoms with Gasteiger partial charge in [-0.05, 0) is 0 Å². The molecular weight excluding hydrogens is 88.0 g/mol. The molecule has 0 saturated heterocycles. The van der Waals surface area contributed by atoms with Crippen LogP contribution in [-0.4, -0.2) is 16.4 Å². The second kappa shape index (κ2) is 8.87. The summed E-state index contributed by atoms with van der Waals surface area (Å²) in [5, 5.41) is 13.9. The first-order chi connectivity index (χ1) is 1.73. The van der Waals surface area contributed by atoms with E-state index >= 15 is 0 Å². The smallest absolute Gasteiger partial charge is 0.450 e. The molecule has 4 nitrogen and oxygen atoms in total. The first kappa shape index (κ1) is 18.8. The second-order valence-electron chi connectivity index (χ2n) is 0.283. The van der Waals surface area contributed by atoms with E-state index in [4.69, 9.17) is 15.0 Å². The highest BCUT2D eigenvalue weighted by atomic mass is 16.6. The maximum Gasteiger partial charge on any atom is 0.503 e. The van der Waals surface area contributed by atoms with Crippen LogP contribution in [0.4, 0.5) is 4.79 Å². The Balaban J connectivity index is -0.0000000450. The highest BCUT2D eigenvalue weighted by Gasteiger charge is 1.70. The fourth-order valence-corrected chi connectivity index (χ4v) is 0. The lowest BCUT2D eigenvalue weighted by Crippen LogP contribution is -1.81. The van der Waals surface area contributed by atoms with Gasteiger partial charge in [0.2, 0.25) is 0 Å². The molecule has 0 aliphatic heterocycles. The largest absolute Gasteiger partial charge is 0.503 e. The standard InChI is InChI=1S/CH2O3.C.O/c2-1(3)4;;/h(H2,2,3,4);;. The SMILES string of the molecule is O=C(O)O.[C].[O]. The van der Waals surface area contributed by atoms with Crippen molar-refractivity contribution >= 4 is 6.16 Å². The van der Waals surface area contributed by atoms with Gasteiger partial charge in [-0.25, -0.2) is 4.79 Å². The van der Waals surface area contributed by atoms with Gasteiger partial charge in [-0.15, -0.1) is 0 Å². The van der Waals surface area contributed by atoms with Gasteiger partial charge >= 0.3 is 6.16 Å². The summed E-state index contributed by atoms with van der Waals surface area (Å²) < 4.78 is 0. The van der Waals surface area contributed by atoms with Gasteiger partial charge in [0.1, 0.15) is 0 Å². The fraction of sp³-hybridized carbons (Fsp3) is 0. The number of carboxylic acid groups (broad SMARTS) is 2. The summed E-state index contributed by atoms with van der Waals surface area (Å²) in [6.07, 6.45) is -1.83. The van der Waals surface area contributed by atoms with Crippen LogP contribution in [0.5, 0.6) is 0 Å². The van der Waals surface area contributed by atoms with Gasteiger partial charge in [0.15, 0.2) is 0 Å². The molecule has 6 radical (unpaired) electrons. The Labute approximate surface area is 35.3 Å². The van der Waals surface area contributed by atoms with Crippen LogP contribution >= 0.6 is 0 Å². The van der Waals surface area contributed by atoms with Crippen LogP contribution in [0.3, 0.4) is 0 Å². The molecule has 0 aliphatic rings. The van der Waals surface area contributed by atoms with Crippen molar-refractivity contribution in [2.45, 2.75) is 0 Å². The average molecular weight is 90.0 g/mol. The van der Waals surface area contributed by atoms with Crippen molar-refractivity contribution in [3.63, 3.8) is 0 Å². The minimum Gasteiger partial charge on any atom is -0.450 e. The Bertz CT molecular complexity index is 28.5. The molecular formula is C2H2O4. The van der Waals surface area contributed by atoms with Gasteiger partial charge in [0.05, 0.1) is 0 Å². The molecule has 0 aromatic carbocycles. The zero-order valence-electron chi connectivity index (χ0n) is 2.71. The zero-order chi connectivity index (χ0) is 3.58. The molecule has 0 unspecified atom stereocenters. The molecule has 0 aromatic heterocycles. The maximum atomic E-state index is 8.56. The molecule has 34 valence electrons. The molecule has 4 heteroatoms. The molecule has 0 aliphatic carbocycles. The predicted octanol–water partition coefficient (Wildman–Crippen LogP) is 0.185. The summed E-state index contributed by atoms with van der Waals surface area (Å²) in [7, 11) is 0. The van der Waals surface area contributed by atoms with Crippen LogP contribution in [0, 0.1) is 7.43 Å². The molecule has 0 rings (SSSR count). The fourth-order valence-electron chi connectivity index (χ4n) is 0. The van der Waals surface area contributed by atoms with Gasteiger partial charge in [0, 0.05) is 12.9 Å². The van der Waals surface area contributed by atoms with Gasteiger partial charge in [-0.3, -0.25) is 0 Å². The van der Waals surface area contributed by atoms with E-state index in [1.165, 1.54) is 0 Å². The lowest BCUT2D eigenvalue weighted by molar-refractivity contribution is 0.137. The number of hydrogen-bond acceptors (Lipinski definition) is 1. The van der Waals surface area contributed by atoms with Gasteiger partial charge in [0.25, 0.3) is 0 Å². The van der Waals surface area contributed by atoms with Crippen molar-refractivity contribution in [2.24, 2.45) is 0 Å². The Hall–Kier alpha value is -0.770. The highest BCUT2D eigenvalue weighted by Crippen LogP contribution is 1.42. The van der Waals surface area contributed by atoms with E-state index in [2.05, 4.69) is 0 Å². The van der Waals surface area contributed by atoms with Crippen LogP contribution in [0.1, 0.15) is 0 Å². The summed E-state index contributed by atoms with van der Waals surface area (Å²) in [5.41, 5.74) is 0. The van der Waals surface area contributed by atoms with Gasteiger partial charge < -0.3 is 10.2 Å². The topological polar surface area (TPSA) is 86.0 Å². The van der Waals surface area contributed by atoms with E-state index in [1.807, 2.05) is 0 Å².